The molecular formula is C16H17NO2S2. The third kappa shape index (κ3) is 3.24. The molecule has 3 rings (SSSR count). The Kier molecular flexibility index (Phi) is 4.22. The molecule has 1 amide bonds. The summed E-state index contributed by atoms with van der Waals surface area (Å²) in [4.78, 5) is 16.9. The van der Waals surface area contributed by atoms with Crippen LogP contribution in [0.3, 0.4) is 0 Å². The van der Waals surface area contributed by atoms with Crippen LogP contribution < -0.4 is 0 Å². The summed E-state index contributed by atoms with van der Waals surface area (Å²) in [5, 5.41) is 11.3. The number of aromatic hydroxyl groups is 1. The molecule has 0 bridgehead atoms. The number of phenolic OH excluding ortho intramolecular Hbond substituents is 1. The molecule has 1 aliphatic heterocycles. The summed E-state index contributed by atoms with van der Waals surface area (Å²) < 4.78 is 0. The molecule has 0 saturated carbocycles. The summed E-state index contributed by atoms with van der Waals surface area (Å²) in [7, 11) is 0. The summed E-state index contributed by atoms with van der Waals surface area (Å²) >= 11 is 3.32. The molecule has 1 aromatic carbocycles. The minimum absolute atomic E-state index is 0.116. The first-order chi connectivity index (χ1) is 10.1. The minimum Gasteiger partial charge on any atom is -0.508 e. The Morgan fingerprint density at radius 3 is 2.86 bits per heavy atom. The van der Waals surface area contributed by atoms with Crippen LogP contribution in [0.1, 0.15) is 17.4 Å². The average Bonchev–Trinajstić information content (AvgIpc) is 2.96. The van der Waals surface area contributed by atoms with Gasteiger partial charge in [-0.1, -0.05) is 0 Å². The Labute approximate surface area is 132 Å². The normalized spacial score (nSPS) is 15.6. The van der Waals surface area contributed by atoms with E-state index in [1.54, 1.807) is 23.5 Å². The van der Waals surface area contributed by atoms with Crippen molar-refractivity contribution >= 4 is 29.0 Å². The first-order valence-corrected chi connectivity index (χ1v) is 8.69. The number of thioether (sulfide) groups is 1. The van der Waals surface area contributed by atoms with E-state index in [1.807, 2.05) is 24.0 Å². The van der Waals surface area contributed by atoms with Crippen LogP contribution in [0.5, 0.6) is 5.75 Å². The van der Waals surface area contributed by atoms with Crippen molar-refractivity contribution in [3.63, 3.8) is 0 Å². The summed E-state index contributed by atoms with van der Waals surface area (Å²) in [6.45, 7) is 3.49. The molecule has 21 heavy (non-hydrogen) atoms. The summed E-state index contributed by atoms with van der Waals surface area (Å²) in [6, 6.07) is 9.11. The molecule has 0 aliphatic carbocycles. The van der Waals surface area contributed by atoms with Gasteiger partial charge in [-0.15, -0.1) is 23.1 Å². The predicted octanol–water partition coefficient (Wildman–Crippen LogP) is 3.52. The van der Waals surface area contributed by atoms with Crippen molar-refractivity contribution in [2.45, 2.75) is 30.0 Å². The van der Waals surface area contributed by atoms with E-state index in [4.69, 9.17) is 0 Å². The van der Waals surface area contributed by atoms with Gasteiger partial charge in [0, 0.05) is 22.9 Å². The zero-order chi connectivity index (χ0) is 14.8. The molecule has 110 valence electrons. The third-order valence-corrected chi connectivity index (χ3v) is 5.74. The number of benzene rings is 1. The lowest BCUT2D eigenvalue weighted by Gasteiger charge is -2.29. The Morgan fingerprint density at radius 2 is 2.10 bits per heavy atom. The summed E-state index contributed by atoms with van der Waals surface area (Å²) in [5.41, 5.74) is 1.29. The molecular weight excluding hydrogens is 302 g/mol. The summed E-state index contributed by atoms with van der Waals surface area (Å²) in [5.74, 6) is 0.435. The van der Waals surface area contributed by atoms with Gasteiger partial charge in [0.15, 0.2) is 0 Å². The van der Waals surface area contributed by atoms with Gasteiger partial charge in [-0.05, 0) is 54.6 Å². The molecule has 0 unspecified atom stereocenters. The van der Waals surface area contributed by atoms with E-state index < -0.39 is 0 Å². The van der Waals surface area contributed by atoms with E-state index in [9.17, 15) is 9.90 Å². The van der Waals surface area contributed by atoms with Gasteiger partial charge in [-0.25, -0.2) is 0 Å². The molecule has 0 saturated heterocycles. The number of hydrogen-bond donors (Lipinski definition) is 1. The molecule has 1 aromatic heterocycles. The van der Waals surface area contributed by atoms with Crippen LogP contribution in [0.15, 0.2) is 40.6 Å². The average molecular weight is 319 g/mol. The highest BCUT2D eigenvalue weighted by molar-refractivity contribution is 8.00. The van der Waals surface area contributed by atoms with Crippen molar-refractivity contribution in [2.75, 3.05) is 6.54 Å². The van der Waals surface area contributed by atoms with E-state index in [-0.39, 0.29) is 16.9 Å². The molecule has 0 radical (unpaired) electrons. The largest absolute Gasteiger partial charge is 0.508 e. The first-order valence-electron chi connectivity index (χ1n) is 6.93. The number of hydrogen-bond acceptors (Lipinski definition) is 4. The van der Waals surface area contributed by atoms with E-state index in [0.717, 1.165) is 24.4 Å². The number of carbonyl (C=O) groups is 1. The van der Waals surface area contributed by atoms with E-state index in [0.29, 0.717) is 0 Å². The van der Waals surface area contributed by atoms with Crippen molar-refractivity contribution in [1.29, 1.82) is 0 Å². The van der Waals surface area contributed by atoms with E-state index in [2.05, 4.69) is 11.4 Å². The Balaban J connectivity index is 1.64. The second-order valence-electron chi connectivity index (χ2n) is 5.13. The second-order valence-corrected chi connectivity index (χ2v) is 7.55. The van der Waals surface area contributed by atoms with Crippen LogP contribution in [-0.4, -0.2) is 27.7 Å². The van der Waals surface area contributed by atoms with E-state index >= 15 is 0 Å². The smallest absolute Gasteiger partial charge is 0.236 e. The van der Waals surface area contributed by atoms with Gasteiger partial charge < -0.3 is 10.0 Å². The Morgan fingerprint density at radius 1 is 1.33 bits per heavy atom. The van der Waals surface area contributed by atoms with Crippen LogP contribution in [-0.2, 0) is 17.8 Å². The topological polar surface area (TPSA) is 40.5 Å². The minimum atomic E-state index is -0.116. The van der Waals surface area contributed by atoms with Crippen LogP contribution in [0.4, 0.5) is 0 Å². The molecule has 3 nitrogen and oxygen atoms in total. The van der Waals surface area contributed by atoms with Gasteiger partial charge in [0.2, 0.25) is 5.91 Å². The third-order valence-electron chi connectivity index (χ3n) is 3.62. The van der Waals surface area contributed by atoms with Crippen LogP contribution >= 0.6 is 23.1 Å². The van der Waals surface area contributed by atoms with Gasteiger partial charge in [-0.2, -0.15) is 0 Å². The highest BCUT2D eigenvalue weighted by atomic mass is 32.2. The fourth-order valence-corrected chi connectivity index (χ4v) is 4.31. The SMILES string of the molecule is C[C@H](Sc1ccc(O)cc1)C(=O)N1CCc2sccc2C1. The van der Waals surface area contributed by atoms with Gasteiger partial charge in [0.25, 0.3) is 0 Å². The Hall–Kier alpha value is -1.46. The van der Waals surface area contributed by atoms with Crippen molar-refractivity contribution < 1.29 is 9.90 Å². The van der Waals surface area contributed by atoms with Gasteiger partial charge in [0.1, 0.15) is 5.75 Å². The number of thiophene rings is 1. The molecule has 1 N–H and O–H groups in total. The fraction of sp³-hybridized carbons (Fsp3) is 0.312. The van der Waals surface area contributed by atoms with Gasteiger partial charge in [-0.3, -0.25) is 4.79 Å². The molecule has 0 fully saturated rings. The highest BCUT2D eigenvalue weighted by Crippen LogP contribution is 2.29. The fourth-order valence-electron chi connectivity index (χ4n) is 2.47. The van der Waals surface area contributed by atoms with Crippen LogP contribution in [0, 0.1) is 0 Å². The molecule has 1 atom stereocenters. The maximum absolute atomic E-state index is 12.6. The molecule has 2 aromatic rings. The second kappa shape index (κ2) is 6.12. The lowest BCUT2D eigenvalue weighted by Crippen LogP contribution is -2.39. The van der Waals surface area contributed by atoms with Crippen molar-refractivity contribution in [1.82, 2.24) is 4.90 Å². The standard InChI is InChI=1S/C16H17NO2S2/c1-11(21-14-4-2-13(18)3-5-14)16(19)17-8-6-15-12(10-17)7-9-20-15/h2-5,7,9,11,18H,6,8,10H2,1H3/t11-/m0/s1. The highest BCUT2D eigenvalue weighted by Gasteiger charge is 2.25. The number of amides is 1. The van der Waals surface area contributed by atoms with Crippen molar-refractivity contribution in [3.8, 4) is 5.75 Å². The monoisotopic (exact) mass is 319 g/mol. The van der Waals surface area contributed by atoms with Crippen LogP contribution in [0.25, 0.3) is 0 Å². The molecule has 5 heteroatoms. The Bertz CT molecular complexity index is 636. The number of carbonyl (C=O) groups excluding carboxylic acids is 1. The number of nitrogens with zero attached hydrogens (tertiary/aromatic N) is 1. The van der Waals surface area contributed by atoms with Crippen molar-refractivity contribution in [2.24, 2.45) is 0 Å². The predicted molar refractivity (Wildman–Crippen MR) is 86.9 cm³/mol. The lowest BCUT2D eigenvalue weighted by atomic mass is 10.1. The van der Waals surface area contributed by atoms with Crippen molar-refractivity contribution in [3.05, 3.63) is 46.2 Å². The quantitative estimate of drug-likeness (QED) is 0.880. The summed E-state index contributed by atoms with van der Waals surface area (Å²) in [6.07, 6.45) is 0.968. The lowest BCUT2D eigenvalue weighted by molar-refractivity contribution is -0.131. The number of phenols is 1. The van der Waals surface area contributed by atoms with E-state index in [1.165, 1.54) is 22.2 Å². The zero-order valence-corrected chi connectivity index (χ0v) is 13.4. The maximum Gasteiger partial charge on any atom is 0.236 e. The number of fused-ring (bicyclic) bond motifs is 1. The van der Waals surface area contributed by atoms with Crippen LogP contribution in [0.2, 0.25) is 0 Å². The molecule has 2 heterocycles. The molecule has 1 aliphatic rings. The zero-order valence-electron chi connectivity index (χ0n) is 11.8. The maximum atomic E-state index is 12.6. The number of rotatable bonds is 3. The molecule has 0 spiro atoms. The first kappa shape index (κ1) is 14.5. The van der Waals surface area contributed by atoms with Gasteiger partial charge >= 0.3 is 0 Å². The van der Waals surface area contributed by atoms with Gasteiger partial charge in [0.05, 0.1) is 5.25 Å².